The van der Waals surface area contributed by atoms with E-state index in [4.69, 9.17) is 0 Å². The molecular weight excluding hydrogens is 263 g/mol. The van der Waals surface area contributed by atoms with Crippen molar-refractivity contribution in [1.82, 2.24) is 5.32 Å². The lowest BCUT2D eigenvalue weighted by atomic mass is 10.1. The first-order chi connectivity index (χ1) is 9.57. The molecule has 0 amide bonds. The molecule has 0 saturated heterocycles. The van der Waals surface area contributed by atoms with Crippen LogP contribution in [0.1, 0.15) is 16.7 Å². The summed E-state index contributed by atoms with van der Waals surface area (Å²) in [4.78, 5) is 0. The van der Waals surface area contributed by atoms with Crippen molar-refractivity contribution in [2.75, 3.05) is 6.54 Å². The van der Waals surface area contributed by atoms with Crippen molar-refractivity contribution in [1.29, 1.82) is 0 Å². The third kappa shape index (κ3) is 4.10. The van der Waals surface area contributed by atoms with Crippen LogP contribution in [-0.2, 0) is 19.1 Å². The van der Waals surface area contributed by atoms with E-state index < -0.39 is 11.7 Å². The lowest BCUT2D eigenvalue weighted by molar-refractivity contribution is -0.138. The SMILES string of the molecule is FC(F)(F)c1ccccc1CNCCc1ccccc1. The van der Waals surface area contributed by atoms with Crippen LogP contribution < -0.4 is 5.32 Å². The Hall–Kier alpha value is -1.81. The summed E-state index contributed by atoms with van der Waals surface area (Å²) in [6.07, 6.45) is -3.49. The largest absolute Gasteiger partial charge is 0.416 e. The molecule has 0 unspecified atom stereocenters. The summed E-state index contributed by atoms with van der Waals surface area (Å²) in [6.45, 7) is 0.874. The Morgan fingerprint density at radius 1 is 0.850 bits per heavy atom. The van der Waals surface area contributed by atoms with Crippen LogP contribution >= 0.6 is 0 Å². The molecule has 0 aliphatic carbocycles. The van der Waals surface area contributed by atoms with Gasteiger partial charge in [0.05, 0.1) is 5.56 Å². The van der Waals surface area contributed by atoms with E-state index in [1.165, 1.54) is 17.7 Å². The van der Waals surface area contributed by atoms with Gasteiger partial charge in [-0.1, -0.05) is 48.5 Å². The second-order valence-electron chi connectivity index (χ2n) is 4.57. The van der Waals surface area contributed by atoms with Gasteiger partial charge in [0.2, 0.25) is 0 Å². The minimum absolute atomic E-state index is 0.225. The van der Waals surface area contributed by atoms with E-state index in [1.54, 1.807) is 6.07 Å². The Balaban J connectivity index is 1.89. The highest BCUT2D eigenvalue weighted by Crippen LogP contribution is 2.31. The lowest BCUT2D eigenvalue weighted by Gasteiger charge is -2.13. The van der Waals surface area contributed by atoms with Gasteiger partial charge in [-0.25, -0.2) is 0 Å². The molecule has 106 valence electrons. The van der Waals surface area contributed by atoms with Crippen molar-refractivity contribution in [3.05, 3.63) is 71.3 Å². The van der Waals surface area contributed by atoms with Crippen molar-refractivity contribution in [2.24, 2.45) is 0 Å². The lowest BCUT2D eigenvalue weighted by Crippen LogP contribution is -2.19. The van der Waals surface area contributed by atoms with Crippen LogP contribution in [-0.4, -0.2) is 6.54 Å². The number of rotatable bonds is 5. The molecule has 20 heavy (non-hydrogen) atoms. The summed E-state index contributed by atoms with van der Waals surface area (Å²) < 4.78 is 38.4. The van der Waals surface area contributed by atoms with E-state index in [1.807, 2.05) is 30.3 Å². The molecule has 2 aromatic carbocycles. The molecule has 2 rings (SSSR count). The minimum Gasteiger partial charge on any atom is -0.312 e. The second kappa shape index (κ2) is 6.57. The Labute approximate surface area is 116 Å². The van der Waals surface area contributed by atoms with Gasteiger partial charge in [-0.05, 0) is 30.2 Å². The average molecular weight is 279 g/mol. The maximum Gasteiger partial charge on any atom is 0.416 e. The fourth-order valence-corrected chi connectivity index (χ4v) is 2.05. The smallest absolute Gasteiger partial charge is 0.312 e. The maximum atomic E-state index is 12.8. The van der Waals surface area contributed by atoms with Crippen LogP contribution in [0.3, 0.4) is 0 Å². The van der Waals surface area contributed by atoms with Gasteiger partial charge in [-0.3, -0.25) is 0 Å². The molecule has 0 spiro atoms. The first-order valence-electron chi connectivity index (χ1n) is 6.47. The molecule has 1 nitrogen and oxygen atoms in total. The summed E-state index contributed by atoms with van der Waals surface area (Å²) >= 11 is 0. The van der Waals surface area contributed by atoms with Gasteiger partial charge < -0.3 is 5.32 Å². The highest BCUT2D eigenvalue weighted by Gasteiger charge is 2.32. The summed E-state index contributed by atoms with van der Waals surface area (Å²) in [5, 5.41) is 3.06. The molecule has 0 aromatic heterocycles. The molecule has 0 aliphatic rings. The van der Waals surface area contributed by atoms with Gasteiger partial charge in [-0.15, -0.1) is 0 Å². The molecule has 2 aromatic rings. The molecular formula is C16H16F3N. The predicted molar refractivity (Wildman–Crippen MR) is 73.3 cm³/mol. The Morgan fingerprint density at radius 3 is 2.20 bits per heavy atom. The zero-order valence-electron chi connectivity index (χ0n) is 11.0. The van der Waals surface area contributed by atoms with E-state index in [0.29, 0.717) is 6.54 Å². The average Bonchev–Trinajstić information content (AvgIpc) is 2.44. The van der Waals surface area contributed by atoms with Crippen molar-refractivity contribution in [3.8, 4) is 0 Å². The van der Waals surface area contributed by atoms with Gasteiger partial charge >= 0.3 is 6.18 Å². The number of benzene rings is 2. The fourth-order valence-electron chi connectivity index (χ4n) is 2.05. The molecule has 1 N–H and O–H groups in total. The zero-order chi connectivity index (χ0) is 14.4. The number of hydrogen-bond donors (Lipinski definition) is 1. The van der Waals surface area contributed by atoms with E-state index in [9.17, 15) is 13.2 Å². The molecule has 0 fully saturated rings. The van der Waals surface area contributed by atoms with E-state index in [-0.39, 0.29) is 12.1 Å². The Morgan fingerprint density at radius 2 is 1.50 bits per heavy atom. The number of hydrogen-bond acceptors (Lipinski definition) is 1. The van der Waals surface area contributed by atoms with Crippen LogP contribution in [0.4, 0.5) is 13.2 Å². The number of halogens is 3. The van der Waals surface area contributed by atoms with Crippen LogP contribution in [0.2, 0.25) is 0 Å². The second-order valence-corrected chi connectivity index (χ2v) is 4.57. The van der Waals surface area contributed by atoms with Crippen molar-refractivity contribution >= 4 is 0 Å². The molecule has 0 atom stereocenters. The molecule has 0 radical (unpaired) electrons. The normalized spacial score (nSPS) is 11.6. The topological polar surface area (TPSA) is 12.0 Å². The molecule has 4 heteroatoms. The van der Waals surface area contributed by atoms with Crippen LogP contribution in [0.5, 0.6) is 0 Å². The predicted octanol–water partition coefficient (Wildman–Crippen LogP) is 4.04. The highest BCUT2D eigenvalue weighted by atomic mass is 19.4. The van der Waals surface area contributed by atoms with Gasteiger partial charge in [0, 0.05) is 6.54 Å². The van der Waals surface area contributed by atoms with Crippen LogP contribution in [0.15, 0.2) is 54.6 Å². The van der Waals surface area contributed by atoms with Gasteiger partial charge in [0.15, 0.2) is 0 Å². The van der Waals surface area contributed by atoms with Gasteiger partial charge in [0.25, 0.3) is 0 Å². The Kier molecular flexibility index (Phi) is 4.79. The van der Waals surface area contributed by atoms with Crippen molar-refractivity contribution < 1.29 is 13.2 Å². The number of alkyl halides is 3. The number of nitrogens with one attached hydrogen (secondary N) is 1. The molecule has 0 heterocycles. The van der Waals surface area contributed by atoms with Crippen LogP contribution in [0, 0.1) is 0 Å². The Bertz CT molecular complexity index is 535. The van der Waals surface area contributed by atoms with E-state index >= 15 is 0 Å². The quantitative estimate of drug-likeness (QED) is 0.815. The zero-order valence-corrected chi connectivity index (χ0v) is 11.0. The highest BCUT2D eigenvalue weighted by molar-refractivity contribution is 5.29. The maximum absolute atomic E-state index is 12.8. The first-order valence-corrected chi connectivity index (χ1v) is 6.47. The van der Waals surface area contributed by atoms with E-state index in [2.05, 4.69) is 5.32 Å². The summed E-state index contributed by atoms with van der Waals surface area (Å²) in [6, 6.07) is 15.5. The summed E-state index contributed by atoms with van der Waals surface area (Å²) in [5.74, 6) is 0. The minimum atomic E-state index is -4.29. The van der Waals surface area contributed by atoms with Gasteiger partial charge in [0.1, 0.15) is 0 Å². The summed E-state index contributed by atoms with van der Waals surface area (Å²) in [5.41, 5.74) is 0.893. The monoisotopic (exact) mass is 279 g/mol. The van der Waals surface area contributed by atoms with E-state index in [0.717, 1.165) is 12.5 Å². The van der Waals surface area contributed by atoms with Crippen molar-refractivity contribution in [2.45, 2.75) is 19.1 Å². The standard InChI is InChI=1S/C16H16F3N/c17-16(18,19)15-9-5-4-8-14(15)12-20-11-10-13-6-2-1-3-7-13/h1-9,20H,10-12H2. The molecule has 0 aliphatic heterocycles. The molecule has 0 bridgehead atoms. The fraction of sp³-hybridized carbons (Fsp3) is 0.250. The van der Waals surface area contributed by atoms with Crippen LogP contribution in [0.25, 0.3) is 0 Å². The third-order valence-corrected chi connectivity index (χ3v) is 3.07. The first kappa shape index (κ1) is 14.6. The van der Waals surface area contributed by atoms with Crippen molar-refractivity contribution in [3.63, 3.8) is 0 Å². The molecule has 0 saturated carbocycles. The summed E-state index contributed by atoms with van der Waals surface area (Å²) in [7, 11) is 0. The van der Waals surface area contributed by atoms with Gasteiger partial charge in [-0.2, -0.15) is 13.2 Å². The third-order valence-electron chi connectivity index (χ3n) is 3.07.